The molecule has 0 atom stereocenters. The highest BCUT2D eigenvalue weighted by molar-refractivity contribution is 5.97. The van der Waals surface area contributed by atoms with Crippen LogP contribution in [0.5, 0.6) is 0 Å². The number of hydrogen-bond donors (Lipinski definition) is 0. The van der Waals surface area contributed by atoms with Gasteiger partial charge in [0.2, 0.25) is 0 Å². The summed E-state index contributed by atoms with van der Waals surface area (Å²) >= 11 is 0. The SMILES string of the molecule is Cc1nc(CN2CCc3nc(C4=NCCCC4)ncc3C2)n(C)c1C. The topological polar surface area (TPSA) is 59.2 Å². The Hall–Kier alpha value is -2.08. The molecule has 0 aromatic carbocycles. The predicted molar refractivity (Wildman–Crippen MR) is 97.8 cm³/mol. The van der Waals surface area contributed by atoms with E-state index in [1.54, 1.807) is 0 Å². The average Bonchev–Trinajstić information content (AvgIpc) is 2.89. The van der Waals surface area contributed by atoms with E-state index in [1.165, 1.54) is 29.8 Å². The maximum Gasteiger partial charge on any atom is 0.173 e. The summed E-state index contributed by atoms with van der Waals surface area (Å²) in [7, 11) is 2.10. The molecule has 6 heteroatoms. The number of aryl methyl sites for hydroxylation is 1. The predicted octanol–water partition coefficient (Wildman–Crippen LogP) is 2.36. The van der Waals surface area contributed by atoms with Crippen LogP contribution in [-0.2, 0) is 26.6 Å². The third kappa shape index (κ3) is 3.23. The smallest absolute Gasteiger partial charge is 0.173 e. The van der Waals surface area contributed by atoms with Crippen molar-refractivity contribution in [2.75, 3.05) is 13.1 Å². The van der Waals surface area contributed by atoms with Crippen LogP contribution in [0.25, 0.3) is 0 Å². The largest absolute Gasteiger partial charge is 0.334 e. The van der Waals surface area contributed by atoms with Crippen molar-refractivity contribution in [2.45, 2.75) is 52.6 Å². The van der Waals surface area contributed by atoms with Gasteiger partial charge in [-0.25, -0.2) is 15.0 Å². The molecule has 25 heavy (non-hydrogen) atoms. The fourth-order valence-electron chi connectivity index (χ4n) is 3.66. The van der Waals surface area contributed by atoms with Gasteiger partial charge in [0, 0.05) is 50.6 Å². The Balaban J connectivity index is 1.50. The lowest BCUT2D eigenvalue weighted by atomic mass is 10.1. The Morgan fingerprint density at radius 1 is 1.12 bits per heavy atom. The minimum absolute atomic E-state index is 0.849. The third-order valence-electron chi connectivity index (χ3n) is 5.47. The first-order valence-corrected chi connectivity index (χ1v) is 9.21. The number of rotatable bonds is 3. The highest BCUT2D eigenvalue weighted by Crippen LogP contribution is 2.20. The molecular formula is C19H26N6. The van der Waals surface area contributed by atoms with E-state index in [4.69, 9.17) is 9.97 Å². The molecule has 0 amide bonds. The number of aromatic nitrogens is 4. The van der Waals surface area contributed by atoms with Crippen molar-refractivity contribution in [3.8, 4) is 0 Å². The average molecular weight is 338 g/mol. The van der Waals surface area contributed by atoms with Gasteiger partial charge in [-0.05, 0) is 33.1 Å². The summed E-state index contributed by atoms with van der Waals surface area (Å²) in [5, 5.41) is 0. The Labute approximate surface area is 149 Å². The van der Waals surface area contributed by atoms with Crippen LogP contribution < -0.4 is 0 Å². The van der Waals surface area contributed by atoms with Gasteiger partial charge in [-0.3, -0.25) is 9.89 Å². The second kappa shape index (κ2) is 6.67. The van der Waals surface area contributed by atoms with Crippen LogP contribution in [0, 0.1) is 13.8 Å². The van der Waals surface area contributed by atoms with Crippen LogP contribution in [0.3, 0.4) is 0 Å². The van der Waals surface area contributed by atoms with Gasteiger partial charge in [-0.15, -0.1) is 0 Å². The maximum atomic E-state index is 4.82. The summed E-state index contributed by atoms with van der Waals surface area (Å²) < 4.78 is 2.20. The molecule has 132 valence electrons. The Kier molecular flexibility index (Phi) is 4.37. The second-order valence-electron chi connectivity index (χ2n) is 7.17. The molecule has 0 bridgehead atoms. The molecule has 2 aliphatic rings. The molecule has 0 spiro atoms. The van der Waals surface area contributed by atoms with Crippen LogP contribution in [0.15, 0.2) is 11.2 Å². The fourth-order valence-corrected chi connectivity index (χ4v) is 3.66. The maximum absolute atomic E-state index is 4.82. The second-order valence-corrected chi connectivity index (χ2v) is 7.17. The van der Waals surface area contributed by atoms with E-state index in [-0.39, 0.29) is 0 Å². The van der Waals surface area contributed by atoms with Crippen LogP contribution in [0.1, 0.15) is 53.6 Å². The lowest BCUT2D eigenvalue weighted by molar-refractivity contribution is 0.234. The van der Waals surface area contributed by atoms with Gasteiger partial charge in [0.15, 0.2) is 5.82 Å². The normalized spacial score (nSPS) is 18.1. The molecule has 0 radical (unpaired) electrons. The van der Waals surface area contributed by atoms with E-state index in [0.29, 0.717) is 0 Å². The molecule has 0 aliphatic carbocycles. The lowest BCUT2D eigenvalue weighted by Crippen LogP contribution is -2.32. The Morgan fingerprint density at radius 3 is 2.72 bits per heavy atom. The van der Waals surface area contributed by atoms with Crippen molar-refractivity contribution in [3.63, 3.8) is 0 Å². The number of imidazole rings is 1. The molecule has 6 nitrogen and oxygen atoms in total. The lowest BCUT2D eigenvalue weighted by Gasteiger charge is -2.27. The van der Waals surface area contributed by atoms with Gasteiger partial charge >= 0.3 is 0 Å². The minimum Gasteiger partial charge on any atom is -0.334 e. The van der Waals surface area contributed by atoms with Crippen LogP contribution in [-0.4, -0.2) is 43.2 Å². The molecule has 0 saturated carbocycles. The van der Waals surface area contributed by atoms with E-state index < -0.39 is 0 Å². The van der Waals surface area contributed by atoms with Crippen molar-refractivity contribution < 1.29 is 0 Å². The zero-order valence-electron chi connectivity index (χ0n) is 15.4. The summed E-state index contributed by atoms with van der Waals surface area (Å²) in [6.07, 6.45) is 6.39. The van der Waals surface area contributed by atoms with Crippen LogP contribution >= 0.6 is 0 Å². The Bertz CT molecular complexity index is 820. The zero-order valence-corrected chi connectivity index (χ0v) is 15.4. The molecule has 0 saturated heterocycles. The van der Waals surface area contributed by atoms with Gasteiger partial charge in [0.1, 0.15) is 5.82 Å². The molecule has 4 rings (SSSR count). The van der Waals surface area contributed by atoms with Crippen LogP contribution in [0.2, 0.25) is 0 Å². The molecule has 0 N–H and O–H groups in total. The molecular weight excluding hydrogens is 312 g/mol. The van der Waals surface area contributed by atoms with Crippen molar-refractivity contribution in [1.82, 2.24) is 24.4 Å². The van der Waals surface area contributed by atoms with E-state index in [1.807, 2.05) is 6.20 Å². The zero-order chi connectivity index (χ0) is 17.4. The van der Waals surface area contributed by atoms with Gasteiger partial charge in [-0.1, -0.05) is 0 Å². The van der Waals surface area contributed by atoms with Gasteiger partial charge in [0.25, 0.3) is 0 Å². The van der Waals surface area contributed by atoms with E-state index >= 15 is 0 Å². The van der Waals surface area contributed by atoms with Crippen LogP contribution in [0.4, 0.5) is 0 Å². The number of aliphatic imine (C=N–C) groups is 1. The Morgan fingerprint density at radius 2 is 2.00 bits per heavy atom. The van der Waals surface area contributed by atoms with E-state index in [9.17, 15) is 0 Å². The van der Waals surface area contributed by atoms with Crippen molar-refractivity contribution in [1.29, 1.82) is 0 Å². The summed E-state index contributed by atoms with van der Waals surface area (Å²) in [4.78, 5) is 21.2. The van der Waals surface area contributed by atoms with Crippen molar-refractivity contribution >= 4 is 5.71 Å². The highest BCUT2D eigenvalue weighted by atomic mass is 15.2. The molecule has 0 fully saturated rings. The van der Waals surface area contributed by atoms with E-state index in [0.717, 1.165) is 62.1 Å². The standard InChI is InChI=1S/C19H26N6/c1-13-14(2)24(3)18(22-13)12-25-9-7-16-15(11-25)10-21-19(23-16)17-6-4-5-8-20-17/h10H,4-9,11-12H2,1-3H3. The number of nitrogens with zero attached hydrogens (tertiary/aromatic N) is 6. The number of fused-ring (bicyclic) bond motifs is 1. The molecule has 0 unspecified atom stereocenters. The van der Waals surface area contributed by atoms with Gasteiger partial charge in [-0.2, -0.15) is 0 Å². The molecule has 2 aromatic heterocycles. The number of hydrogen-bond acceptors (Lipinski definition) is 5. The minimum atomic E-state index is 0.849. The molecule has 4 heterocycles. The summed E-state index contributed by atoms with van der Waals surface area (Å²) in [6.45, 7) is 7.91. The van der Waals surface area contributed by atoms with Gasteiger partial charge in [0.05, 0.1) is 23.6 Å². The first kappa shape index (κ1) is 16.4. The fraction of sp³-hybridized carbons (Fsp3) is 0.579. The summed E-state index contributed by atoms with van der Waals surface area (Å²) in [5.41, 5.74) is 5.90. The van der Waals surface area contributed by atoms with Crippen molar-refractivity contribution in [2.24, 2.45) is 12.0 Å². The summed E-state index contributed by atoms with van der Waals surface area (Å²) in [6, 6.07) is 0. The molecule has 2 aromatic rings. The highest BCUT2D eigenvalue weighted by Gasteiger charge is 2.21. The van der Waals surface area contributed by atoms with Gasteiger partial charge < -0.3 is 4.57 Å². The summed E-state index contributed by atoms with van der Waals surface area (Å²) in [5.74, 6) is 1.98. The first-order chi connectivity index (χ1) is 12.1. The quantitative estimate of drug-likeness (QED) is 0.862. The molecule has 2 aliphatic heterocycles. The first-order valence-electron chi connectivity index (χ1n) is 9.21. The third-order valence-corrected chi connectivity index (χ3v) is 5.47. The monoisotopic (exact) mass is 338 g/mol. The van der Waals surface area contributed by atoms with Crippen molar-refractivity contribution in [3.05, 3.63) is 40.5 Å². The van der Waals surface area contributed by atoms with E-state index in [2.05, 4.69) is 40.3 Å².